The van der Waals surface area contributed by atoms with Gasteiger partial charge in [0.2, 0.25) is 0 Å². The Morgan fingerprint density at radius 3 is 2.05 bits per heavy atom. The molecule has 110 valence electrons. The van der Waals surface area contributed by atoms with Gasteiger partial charge in [0.25, 0.3) is 0 Å². The van der Waals surface area contributed by atoms with E-state index < -0.39 is 0 Å². The van der Waals surface area contributed by atoms with Gasteiger partial charge in [0.1, 0.15) is 5.78 Å². The first-order chi connectivity index (χ1) is 9.39. The lowest BCUT2D eigenvalue weighted by molar-refractivity contribution is -0.120. The van der Waals surface area contributed by atoms with E-state index in [2.05, 4.69) is 12.2 Å². The van der Waals surface area contributed by atoms with Gasteiger partial charge >= 0.3 is 0 Å². The van der Waals surface area contributed by atoms with Crippen molar-refractivity contribution in [2.45, 2.75) is 77.0 Å². The van der Waals surface area contributed by atoms with Crippen LogP contribution >= 0.6 is 0 Å². The largest absolute Gasteiger partial charge is 0.381 e. The molecule has 0 amide bonds. The summed E-state index contributed by atoms with van der Waals surface area (Å²) in [5.41, 5.74) is 0. The molecule has 1 aliphatic heterocycles. The second-order valence-electron chi connectivity index (χ2n) is 5.53. The van der Waals surface area contributed by atoms with E-state index in [0.717, 1.165) is 25.9 Å². The Morgan fingerprint density at radius 2 is 1.32 bits per heavy atom. The van der Waals surface area contributed by atoms with Crippen molar-refractivity contribution in [2.24, 2.45) is 0 Å². The molecule has 19 heavy (non-hydrogen) atoms. The molecule has 0 saturated heterocycles. The van der Waals surface area contributed by atoms with E-state index in [0.29, 0.717) is 18.8 Å². The Balaban J connectivity index is 2.16. The van der Waals surface area contributed by atoms with Crippen molar-refractivity contribution >= 4 is 5.78 Å². The second kappa shape index (κ2) is 12.4. The first-order valence-electron chi connectivity index (χ1n) is 8.14. The molecule has 0 bridgehead atoms. The van der Waals surface area contributed by atoms with Gasteiger partial charge in [-0.25, -0.2) is 0 Å². The Bertz CT molecular complexity index is 246. The van der Waals surface area contributed by atoms with Crippen molar-refractivity contribution in [1.82, 2.24) is 0 Å². The van der Waals surface area contributed by atoms with Crippen LogP contribution in [0.15, 0.2) is 12.2 Å². The maximum absolute atomic E-state index is 11.6. The summed E-state index contributed by atoms with van der Waals surface area (Å²) >= 11 is 0. The van der Waals surface area contributed by atoms with E-state index in [4.69, 9.17) is 4.74 Å². The summed E-state index contributed by atoms with van der Waals surface area (Å²) in [5, 5.41) is 0. The number of hydrogen-bond acceptors (Lipinski definition) is 2. The fraction of sp³-hybridized carbons (Fsp3) is 0.824. The van der Waals surface area contributed by atoms with Crippen molar-refractivity contribution in [2.75, 3.05) is 13.2 Å². The maximum atomic E-state index is 11.6. The van der Waals surface area contributed by atoms with Gasteiger partial charge in [-0.3, -0.25) is 4.79 Å². The van der Waals surface area contributed by atoms with E-state index in [1.54, 1.807) is 0 Å². The average Bonchev–Trinajstić information content (AvgIpc) is 2.41. The number of ether oxygens (including phenoxy) is 1. The third-order valence-electron chi connectivity index (χ3n) is 3.68. The molecule has 0 fully saturated rings. The highest BCUT2D eigenvalue weighted by Crippen LogP contribution is 2.09. The summed E-state index contributed by atoms with van der Waals surface area (Å²) < 4.78 is 5.51. The van der Waals surface area contributed by atoms with Crippen LogP contribution < -0.4 is 0 Å². The topological polar surface area (TPSA) is 26.3 Å². The van der Waals surface area contributed by atoms with E-state index in [9.17, 15) is 4.79 Å². The third-order valence-corrected chi connectivity index (χ3v) is 3.68. The van der Waals surface area contributed by atoms with Crippen LogP contribution in [0.25, 0.3) is 0 Å². The fourth-order valence-corrected chi connectivity index (χ4v) is 2.41. The molecule has 0 radical (unpaired) electrons. The molecule has 0 atom stereocenters. The minimum Gasteiger partial charge on any atom is -0.381 e. The molecule has 0 aliphatic carbocycles. The Hall–Kier alpha value is -0.630. The number of carbonyl (C=O) groups excluding carboxylic acids is 1. The number of allylic oxidation sites excluding steroid dienone is 2. The lowest BCUT2D eigenvalue weighted by atomic mass is 10.1. The van der Waals surface area contributed by atoms with E-state index in [1.165, 1.54) is 51.4 Å². The quantitative estimate of drug-likeness (QED) is 0.587. The molecule has 0 N–H and O–H groups in total. The molecule has 2 nitrogen and oxygen atoms in total. The van der Waals surface area contributed by atoms with Crippen molar-refractivity contribution in [3.63, 3.8) is 0 Å². The fourth-order valence-electron chi connectivity index (χ4n) is 2.41. The molecule has 1 rings (SSSR count). The lowest BCUT2D eigenvalue weighted by Crippen LogP contribution is -2.05. The first kappa shape index (κ1) is 16.4. The minimum absolute atomic E-state index is 0.376. The van der Waals surface area contributed by atoms with Crippen LogP contribution in [-0.2, 0) is 9.53 Å². The standard InChI is InChI=1S/C17H30O2/c18-17-13-11-9-7-5-3-1-2-4-6-8-10-12-15-19-16-14-17/h1-2H,3-16H2. The van der Waals surface area contributed by atoms with Crippen molar-refractivity contribution in [3.05, 3.63) is 12.2 Å². The summed E-state index contributed by atoms with van der Waals surface area (Å²) in [5.74, 6) is 0.376. The van der Waals surface area contributed by atoms with Gasteiger partial charge in [0, 0.05) is 19.4 Å². The highest BCUT2D eigenvalue weighted by molar-refractivity contribution is 5.78. The number of Topliss-reactive ketones (excluding diaryl/α,β-unsaturated/α-hetero) is 1. The summed E-state index contributed by atoms with van der Waals surface area (Å²) in [4.78, 5) is 11.6. The predicted octanol–water partition coefficient (Wildman–Crippen LogP) is 4.82. The SMILES string of the molecule is O=C1CCCCCCC=CCCCCCCOCC1. The van der Waals surface area contributed by atoms with Crippen LogP contribution in [0.4, 0.5) is 0 Å². The lowest BCUT2D eigenvalue weighted by Gasteiger charge is -2.05. The maximum Gasteiger partial charge on any atom is 0.135 e. The summed E-state index contributed by atoms with van der Waals surface area (Å²) in [7, 11) is 0. The van der Waals surface area contributed by atoms with Gasteiger partial charge in [-0.2, -0.15) is 0 Å². The van der Waals surface area contributed by atoms with Gasteiger partial charge in [0.05, 0.1) is 6.61 Å². The number of hydrogen-bond donors (Lipinski definition) is 0. The van der Waals surface area contributed by atoms with Gasteiger partial charge in [-0.05, 0) is 38.5 Å². The number of rotatable bonds is 0. The van der Waals surface area contributed by atoms with E-state index in [-0.39, 0.29) is 0 Å². The second-order valence-corrected chi connectivity index (χ2v) is 5.53. The van der Waals surface area contributed by atoms with Crippen molar-refractivity contribution in [3.8, 4) is 0 Å². The summed E-state index contributed by atoms with van der Waals surface area (Å²) in [6.45, 7) is 1.45. The minimum atomic E-state index is 0.376. The smallest absolute Gasteiger partial charge is 0.135 e. The molecule has 2 heteroatoms. The van der Waals surface area contributed by atoms with Crippen LogP contribution in [0.3, 0.4) is 0 Å². The highest BCUT2D eigenvalue weighted by atomic mass is 16.5. The molecule has 1 heterocycles. The summed E-state index contributed by atoms with van der Waals surface area (Å²) in [6.07, 6.45) is 18.2. The predicted molar refractivity (Wildman–Crippen MR) is 80.4 cm³/mol. The molecular formula is C17H30O2. The zero-order chi connectivity index (χ0) is 13.6. The zero-order valence-corrected chi connectivity index (χ0v) is 12.4. The van der Waals surface area contributed by atoms with Crippen LogP contribution in [0.5, 0.6) is 0 Å². The van der Waals surface area contributed by atoms with Crippen LogP contribution in [0, 0.1) is 0 Å². The molecule has 0 spiro atoms. The normalized spacial score (nSPS) is 22.6. The number of ketones is 1. The zero-order valence-electron chi connectivity index (χ0n) is 12.4. The highest BCUT2D eigenvalue weighted by Gasteiger charge is 2.02. The van der Waals surface area contributed by atoms with E-state index in [1.807, 2.05) is 0 Å². The molecule has 0 aromatic rings. The Morgan fingerprint density at radius 1 is 0.684 bits per heavy atom. The van der Waals surface area contributed by atoms with Gasteiger partial charge in [-0.1, -0.05) is 37.8 Å². The average molecular weight is 266 g/mol. The van der Waals surface area contributed by atoms with Crippen molar-refractivity contribution < 1.29 is 9.53 Å². The third kappa shape index (κ3) is 10.9. The van der Waals surface area contributed by atoms with Crippen LogP contribution in [-0.4, -0.2) is 19.0 Å². The Kier molecular flexibility index (Phi) is 10.7. The van der Waals surface area contributed by atoms with Crippen LogP contribution in [0.2, 0.25) is 0 Å². The molecule has 0 aromatic carbocycles. The van der Waals surface area contributed by atoms with Gasteiger partial charge < -0.3 is 4.74 Å². The summed E-state index contributed by atoms with van der Waals surface area (Å²) in [6, 6.07) is 0. The molecular weight excluding hydrogens is 236 g/mol. The Labute approximate surface area is 118 Å². The van der Waals surface area contributed by atoms with Crippen molar-refractivity contribution in [1.29, 1.82) is 0 Å². The monoisotopic (exact) mass is 266 g/mol. The van der Waals surface area contributed by atoms with Crippen LogP contribution in [0.1, 0.15) is 77.0 Å². The van der Waals surface area contributed by atoms with Gasteiger partial charge in [0.15, 0.2) is 0 Å². The van der Waals surface area contributed by atoms with E-state index >= 15 is 0 Å². The molecule has 0 unspecified atom stereocenters. The van der Waals surface area contributed by atoms with Gasteiger partial charge in [-0.15, -0.1) is 0 Å². The molecule has 1 aliphatic rings. The molecule has 0 saturated carbocycles. The number of carbonyl (C=O) groups is 1. The first-order valence-corrected chi connectivity index (χ1v) is 8.14. The molecule has 0 aromatic heterocycles.